The number of carboxylic acid groups (broad SMARTS) is 1. The molecule has 1 heterocycles. The molecule has 1 aromatic rings. The van der Waals surface area contributed by atoms with Gasteiger partial charge in [0.05, 0.1) is 0 Å². The predicted octanol–water partition coefficient (Wildman–Crippen LogP) is 1.70. The topological polar surface area (TPSA) is 66.6 Å². The van der Waals surface area contributed by atoms with Gasteiger partial charge in [-0.05, 0) is 37.3 Å². The van der Waals surface area contributed by atoms with Crippen molar-refractivity contribution >= 4 is 5.97 Å². The highest BCUT2D eigenvalue weighted by Gasteiger charge is 2.24. The first kappa shape index (κ1) is 14.0. The van der Waals surface area contributed by atoms with Crippen molar-refractivity contribution in [3.63, 3.8) is 0 Å². The fourth-order valence-electron chi connectivity index (χ4n) is 2.79. The zero-order valence-electron chi connectivity index (χ0n) is 11.2. The molecule has 2 rings (SSSR count). The Kier molecular flexibility index (Phi) is 4.93. The van der Waals surface area contributed by atoms with E-state index in [-0.39, 0.29) is 0 Å². The highest BCUT2D eigenvalue weighted by Crippen LogP contribution is 2.22. The van der Waals surface area contributed by atoms with E-state index in [9.17, 15) is 4.79 Å². The van der Waals surface area contributed by atoms with Gasteiger partial charge in [-0.15, -0.1) is 0 Å². The first-order chi connectivity index (χ1) is 9.15. The molecule has 104 valence electrons. The Morgan fingerprint density at radius 2 is 2.16 bits per heavy atom. The van der Waals surface area contributed by atoms with Gasteiger partial charge in [0, 0.05) is 13.1 Å². The number of likely N-dealkylation sites (tertiary alicyclic amines) is 1. The molecule has 0 aliphatic carbocycles. The Bertz CT molecular complexity index is 408. The zero-order valence-corrected chi connectivity index (χ0v) is 11.2. The summed E-state index contributed by atoms with van der Waals surface area (Å²) >= 11 is 0. The molecule has 0 radical (unpaired) electrons. The van der Waals surface area contributed by atoms with E-state index in [1.54, 1.807) is 0 Å². The standard InChI is InChI=1S/C15H22N2O2/c16-14(15(18)19)9-13-7-4-8-17(11-13)10-12-5-2-1-3-6-12/h1-3,5-6,13-14H,4,7-11,16H2,(H,18,19). The lowest BCUT2D eigenvalue weighted by Crippen LogP contribution is -2.39. The van der Waals surface area contributed by atoms with Crippen molar-refractivity contribution in [2.24, 2.45) is 11.7 Å². The summed E-state index contributed by atoms with van der Waals surface area (Å²) in [6.45, 7) is 2.99. The van der Waals surface area contributed by atoms with Gasteiger partial charge in [-0.3, -0.25) is 9.69 Å². The van der Waals surface area contributed by atoms with Crippen LogP contribution in [-0.2, 0) is 11.3 Å². The van der Waals surface area contributed by atoms with Crippen molar-refractivity contribution in [2.75, 3.05) is 13.1 Å². The van der Waals surface area contributed by atoms with Crippen molar-refractivity contribution in [3.05, 3.63) is 35.9 Å². The van der Waals surface area contributed by atoms with E-state index in [0.717, 1.165) is 32.5 Å². The molecular weight excluding hydrogens is 240 g/mol. The van der Waals surface area contributed by atoms with E-state index >= 15 is 0 Å². The van der Waals surface area contributed by atoms with E-state index in [4.69, 9.17) is 10.8 Å². The molecule has 2 unspecified atom stereocenters. The Morgan fingerprint density at radius 1 is 1.42 bits per heavy atom. The molecule has 2 atom stereocenters. The minimum absolute atomic E-state index is 0.406. The second-order valence-corrected chi connectivity index (χ2v) is 5.41. The Balaban J connectivity index is 1.85. The molecule has 4 heteroatoms. The van der Waals surface area contributed by atoms with Gasteiger partial charge >= 0.3 is 5.97 Å². The van der Waals surface area contributed by atoms with Crippen molar-refractivity contribution in [2.45, 2.75) is 31.8 Å². The number of carboxylic acids is 1. The van der Waals surface area contributed by atoms with Crippen molar-refractivity contribution in [1.29, 1.82) is 0 Å². The SMILES string of the molecule is NC(CC1CCCN(Cc2ccccc2)C1)C(=O)O. The Morgan fingerprint density at radius 3 is 2.84 bits per heavy atom. The molecule has 0 saturated carbocycles. The summed E-state index contributed by atoms with van der Waals surface area (Å²) in [6, 6.07) is 9.67. The number of nitrogens with two attached hydrogens (primary N) is 1. The van der Waals surface area contributed by atoms with Crippen LogP contribution in [0.25, 0.3) is 0 Å². The molecular formula is C15H22N2O2. The van der Waals surface area contributed by atoms with Crippen LogP contribution in [0.2, 0.25) is 0 Å². The first-order valence-corrected chi connectivity index (χ1v) is 6.90. The van der Waals surface area contributed by atoms with Gasteiger partial charge in [-0.2, -0.15) is 0 Å². The predicted molar refractivity (Wildman–Crippen MR) is 74.7 cm³/mol. The Hall–Kier alpha value is -1.39. The van der Waals surface area contributed by atoms with Gasteiger partial charge in [-0.25, -0.2) is 0 Å². The molecule has 1 fully saturated rings. The average Bonchev–Trinajstić information content (AvgIpc) is 2.40. The third-order valence-corrected chi connectivity index (χ3v) is 3.76. The van der Waals surface area contributed by atoms with Gasteiger partial charge in [-0.1, -0.05) is 30.3 Å². The van der Waals surface area contributed by atoms with Crippen molar-refractivity contribution in [1.82, 2.24) is 4.90 Å². The fraction of sp³-hybridized carbons (Fsp3) is 0.533. The van der Waals surface area contributed by atoms with E-state index in [0.29, 0.717) is 12.3 Å². The maximum absolute atomic E-state index is 10.8. The van der Waals surface area contributed by atoms with Gasteiger partial charge < -0.3 is 10.8 Å². The molecule has 0 bridgehead atoms. The quantitative estimate of drug-likeness (QED) is 0.847. The minimum atomic E-state index is -0.889. The highest BCUT2D eigenvalue weighted by atomic mass is 16.4. The zero-order chi connectivity index (χ0) is 13.7. The van der Waals surface area contributed by atoms with E-state index in [1.165, 1.54) is 5.56 Å². The van der Waals surface area contributed by atoms with Gasteiger partial charge in [0.25, 0.3) is 0 Å². The van der Waals surface area contributed by atoms with E-state index in [1.807, 2.05) is 6.07 Å². The minimum Gasteiger partial charge on any atom is -0.480 e. The van der Waals surface area contributed by atoms with Crippen molar-refractivity contribution < 1.29 is 9.90 Å². The molecule has 19 heavy (non-hydrogen) atoms. The van der Waals surface area contributed by atoms with Crippen LogP contribution in [0.3, 0.4) is 0 Å². The number of piperidine rings is 1. The number of hydrogen-bond donors (Lipinski definition) is 2. The molecule has 4 nitrogen and oxygen atoms in total. The lowest BCUT2D eigenvalue weighted by Gasteiger charge is -2.33. The lowest BCUT2D eigenvalue weighted by molar-refractivity contribution is -0.139. The average molecular weight is 262 g/mol. The number of benzene rings is 1. The van der Waals surface area contributed by atoms with Gasteiger partial charge in [0.1, 0.15) is 6.04 Å². The van der Waals surface area contributed by atoms with Crippen LogP contribution in [0.15, 0.2) is 30.3 Å². The van der Waals surface area contributed by atoms with Crippen LogP contribution < -0.4 is 5.73 Å². The molecule has 1 aromatic carbocycles. The summed E-state index contributed by atoms with van der Waals surface area (Å²) in [5.41, 5.74) is 6.94. The maximum Gasteiger partial charge on any atom is 0.320 e. The second-order valence-electron chi connectivity index (χ2n) is 5.41. The third-order valence-electron chi connectivity index (χ3n) is 3.76. The van der Waals surface area contributed by atoms with Crippen molar-refractivity contribution in [3.8, 4) is 0 Å². The normalized spacial score (nSPS) is 22.1. The Labute approximate surface area is 114 Å². The summed E-state index contributed by atoms with van der Waals surface area (Å²) in [7, 11) is 0. The largest absolute Gasteiger partial charge is 0.480 e. The maximum atomic E-state index is 10.8. The summed E-state index contributed by atoms with van der Waals surface area (Å²) in [4.78, 5) is 13.2. The molecule has 3 N–H and O–H groups in total. The van der Waals surface area contributed by atoms with Gasteiger partial charge in [0.2, 0.25) is 0 Å². The fourth-order valence-corrected chi connectivity index (χ4v) is 2.79. The van der Waals surface area contributed by atoms with Crippen LogP contribution in [0.1, 0.15) is 24.8 Å². The summed E-state index contributed by atoms with van der Waals surface area (Å²) in [5.74, 6) is -0.483. The highest BCUT2D eigenvalue weighted by molar-refractivity contribution is 5.73. The molecule has 1 aliphatic heterocycles. The number of nitrogens with zero attached hydrogens (tertiary/aromatic N) is 1. The van der Waals surface area contributed by atoms with Crippen LogP contribution in [0, 0.1) is 5.92 Å². The van der Waals surface area contributed by atoms with Crippen LogP contribution in [-0.4, -0.2) is 35.1 Å². The number of rotatable bonds is 5. The second kappa shape index (κ2) is 6.68. The van der Waals surface area contributed by atoms with Crippen LogP contribution in [0.4, 0.5) is 0 Å². The molecule has 0 aromatic heterocycles. The number of carbonyl (C=O) groups is 1. The van der Waals surface area contributed by atoms with E-state index < -0.39 is 12.0 Å². The third kappa shape index (κ3) is 4.33. The van der Waals surface area contributed by atoms with E-state index in [2.05, 4.69) is 29.2 Å². The number of aliphatic carboxylic acids is 1. The summed E-state index contributed by atoms with van der Waals surface area (Å²) in [5, 5.41) is 8.88. The molecule has 1 aliphatic rings. The van der Waals surface area contributed by atoms with Crippen LogP contribution >= 0.6 is 0 Å². The summed E-state index contributed by atoms with van der Waals surface area (Å²) < 4.78 is 0. The number of hydrogen-bond acceptors (Lipinski definition) is 3. The summed E-state index contributed by atoms with van der Waals surface area (Å²) in [6.07, 6.45) is 2.80. The van der Waals surface area contributed by atoms with Crippen LogP contribution in [0.5, 0.6) is 0 Å². The molecule has 1 saturated heterocycles. The smallest absolute Gasteiger partial charge is 0.320 e. The van der Waals surface area contributed by atoms with Gasteiger partial charge in [0.15, 0.2) is 0 Å². The lowest BCUT2D eigenvalue weighted by atomic mass is 9.91. The molecule has 0 amide bonds. The molecule has 0 spiro atoms. The first-order valence-electron chi connectivity index (χ1n) is 6.90. The monoisotopic (exact) mass is 262 g/mol.